The highest BCUT2D eigenvalue weighted by Gasteiger charge is 2.22. The first-order valence-corrected chi connectivity index (χ1v) is 8.24. The van der Waals surface area contributed by atoms with E-state index in [1.807, 2.05) is 29.4 Å². The van der Waals surface area contributed by atoms with Gasteiger partial charge in [-0.3, -0.25) is 14.7 Å². The van der Waals surface area contributed by atoms with E-state index >= 15 is 0 Å². The van der Waals surface area contributed by atoms with Gasteiger partial charge in [-0.05, 0) is 36.2 Å². The maximum Gasteiger partial charge on any atom is 0.289 e. The zero-order valence-electron chi connectivity index (χ0n) is 14.0. The molecule has 1 saturated heterocycles. The van der Waals surface area contributed by atoms with Crippen molar-refractivity contribution < 1.29 is 13.9 Å². The Morgan fingerprint density at radius 2 is 2.00 bits per heavy atom. The SMILES string of the molecule is COCc1ccc(C(=O)N2CCCN(Cc3ccncc3)CC2)o1. The molecule has 24 heavy (non-hydrogen) atoms. The number of furan rings is 1. The molecule has 0 bridgehead atoms. The number of amides is 1. The molecule has 1 amide bonds. The van der Waals surface area contributed by atoms with E-state index in [2.05, 4.69) is 9.88 Å². The molecule has 1 fully saturated rings. The van der Waals surface area contributed by atoms with Crippen molar-refractivity contribution in [2.24, 2.45) is 0 Å². The molecule has 0 atom stereocenters. The normalized spacial score (nSPS) is 16.1. The second-order valence-electron chi connectivity index (χ2n) is 5.98. The van der Waals surface area contributed by atoms with Crippen molar-refractivity contribution in [1.29, 1.82) is 0 Å². The maximum absolute atomic E-state index is 12.6. The summed E-state index contributed by atoms with van der Waals surface area (Å²) in [4.78, 5) is 20.9. The van der Waals surface area contributed by atoms with Gasteiger partial charge in [0.1, 0.15) is 12.4 Å². The second-order valence-corrected chi connectivity index (χ2v) is 5.98. The monoisotopic (exact) mass is 329 g/mol. The smallest absolute Gasteiger partial charge is 0.289 e. The van der Waals surface area contributed by atoms with Crippen LogP contribution >= 0.6 is 0 Å². The molecule has 6 nitrogen and oxygen atoms in total. The van der Waals surface area contributed by atoms with Crippen molar-refractivity contribution in [3.05, 3.63) is 53.7 Å². The first-order chi connectivity index (χ1) is 11.8. The van der Waals surface area contributed by atoms with Gasteiger partial charge in [0, 0.05) is 52.2 Å². The Hall–Kier alpha value is -2.18. The van der Waals surface area contributed by atoms with E-state index in [1.165, 1.54) is 5.56 Å². The highest BCUT2D eigenvalue weighted by Crippen LogP contribution is 2.14. The fourth-order valence-electron chi connectivity index (χ4n) is 2.95. The Labute approximate surface area is 142 Å². The molecule has 2 aromatic rings. The fourth-order valence-corrected chi connectivity index (χ4v) is 2.95. The average molecular weight is 329 g/mol. The van der Waals surface area contributed by atoms with Crippen molar-refractivity contribution in [2.75, 3.05) is 33.3 Å². The van der Waals surface area contributed by atoms with Gasteiger partial charge in [-0.15, -0.1) is 0 Å². The Morgan fingerprint density at radius 1 is 1.17 bits per heavy atom. The van der Waals surface area contributed by atoms with Crippen molar-refractivity contribution >= 4 is 5.91 Å². The van der Waals surface area contributed by atoms with Gasteiger partial charge in [0.25, 0.3) is 5.91 Å². The molecule has 0 spiro atoms. The van der Waals surface area contributed by atoms with Crippen LogP contribution in [0.25, 0.3) is 0 Å². The molecule has 3 heterocycles. The number of ether oxygens (including phenoxy) is 1. The quantitative estimate of drug-likeness (QED) is 0.841. The fraction of sp³-hybridized carbons (Fsp3) is 0.444. The molecular formula is C18H23N3O3. The third-order valence-electron chi connectivity index (χ3n) is 4.19. The van der Waals surface area contributed by atoms with E-state index in [4.69, 9.17) is 9.15 Å². The summed E-state index contributed by atoms with van der Waals surface area (Å²) in [5.74, 6) is 1.03. The number of nitrogens with zero attached hydrogens (tertiary/aromatic N) is 3. The minimum Gasteiger partial charge on any atom is -0.453 e. The summed E-state index contributed by atoms with van der Waals surface area (Å²) < 4.78 is 10.6. The van der Waals surface area contributed by atoms with Gasteiger partial charge >= 0.3 is 0 Å². The Bertz CT molecular complexity index is 657. The van der Waals surface area contributed by atoms with Gasteiger partial charge in [0.2, 0.25) is 0 Å². The highest BCUT2D eigenvalue weighted by molar-refractivity contribution is 5.91. The number of hydrogen-bond acceptors (Lipinski definition) is 5. The Morgan fingerprint density at radius 3 is 2.79 bits per heavy atom. The minimum atomic E-state index is -0.0388. The van der Waals surface area contributed by atoms with E-state index in [0.29, 0.717) is 24.7 Å². The standard InChI is InChI=1S/C18H23N3O3/c1-23-14-16-3-4-17(24-16)18(22)21-10-2-9-20(11-12-21)13-15-5-7-19-8-6-15/h3-8H,2,9-14H2,1H3. The van der Waals surface area contributed by atoms with Crippen LogP contribution in [0.15, 0.2) is 41.1 Å². The second kappa shape index (κ2) is 8.08. The summed E-state index contributed by atoms with van der Waals surface area (Å²) in [5.41, 5.74) is 1.25. The van der Waals surface area contributed by atoms with Gasteiger partial charge in [0.05, 0.1) is 0 Å². The lowest BCUT2D eigenvalue weighted by Crippen LogP contribution is -2.34. The number of carbonyl (C=O) groups excluding carboxylic acids is 1. The molecule has 1 aliphatic heterocycles. The van der Waals surface area contributed by atoms with Crippen LogP contribution < -0.4 is 0 Å². The summed E-state index contributed by atoms with van der Waals surface area (Å²) in [6, 6.07) is 7.60. The lowest BCUT2D eigenvalue weighted by molar-refractivity contribution is 0.0721. The molecule has 6 heteroatoms. The predicted octanol–water partition coefficient (Wildman–Crippen LogP) is 2.17. The Kier molecular flexibility index (Phi) is 5.61. The van der Waals surface area contributed by atoms with Crippen molar-refractivity contribution in [1.82, 2.24) is 14.8 Å². The van der Waals surface area contributed by atoms with Crippen LogP contribution in [-0.2, 0) is 17.9 Å². The molecule has 0 unspecified atom stereocenters. The molecular weight excluding hydrogens is 306 g/mol. The summed E-state index contributed by atoms with van der Waals surface area (Å²) >= 11 is 0. The highest BCUT2D eigenvalue weighted by atomic mass is 16.5. The number of rotatable bonds is 5. The molecule has 0 aliphatic carbocycles. The summed E-state index contributed by atoms with van der Waals surface area (Å²) in [5, 5.41) is 0. The maximum atomic E-state index is 12.6. The van der Waals surface area contributed by atoms with Gasteiger partial charge < -0.3 is 14.1 Å². The van der Waals surface area contributed by atoms with E-state index in [-0.39, 0.29) is 5.91 Å². The molecule has 1 aliphatic rings. The van der Waals surface area contributed by atoms with E-state index in [0.717, 1.165) is 32.6 Å². The summed E-state index contributed by atoms with van der Waals surface area (Å²) in [6.45, 7) is 4.59. The third-order valence-corrected chi connectivity index (χ3v) is 4.19. The lowest BCUT2D eigenvalue weighted by atomic mass is 10.2. The average Bonchev–Trinajstić information content (AvgIpc) is 2.94. The lowest BCUT2D eigenvalue weighted by Gasteiger charge is -2.21. The van der Waals surface area contributed by atoms with Crippen LogP contribution in [0.1, 0.15) is 28.3 Å². The number of methoxy groups -OCH3 is 1. The zero-order valence-corrected chi connectivity index (χ0v) is 14.0. The minimum absolute atomic E-state index is 0.0388. The van der Waals surface area contributed by atoms with E-state index in [1.54, 1.807) is 19.2 Å². The molecule has 0 aromatic carbocycles. The van der Waals surface area contributed by atoms with Crippen molar-refractivity contribution in [3.63, 3.8) is 0 Å². The predicted molar refractivity (Wildman–Crippen MR) is 89.5 cm³/mol. The van der Waals surface area contributed by atoms with Crippen LogP contribution in [0.5, 0.6) is 0 Å². The van der Waals surface area contributed by atoms with Crippen molar-refractivity contribution in [3.8, 4) is 0 Å². The Balaban J connectivity index is 1.57. The molecule has 0 radical (unpaired) electrons. The number of pyridine rings is 1. The van der Waals surface area contributed by atoms with E-state index in [9.17, 15) is 4.79 Å². The summed E-state index contributed by atoms with van der Waals surface area (Å²) in [7, 11) is 1.61. The van der Waals surface area contributed by atoms with Gasteiger partial charge in [0.15, 0.2) is 5.76 Å². The van der Waals surface area contributed by atoms with Crippen molar-refractivity contribution in [2.45, 2.75) is 19.6 Å². The van der Waals surface area contributed by atoms with Crippen LogP contribution in [0.3, 0.4) is 0 Å². The topological polar surface area (TPSA) is 58.8 Å². The molecule has 2 aromatic heterocycles. The van der Waals surface area contributed by atoms with E-state index < -0.39 is 0 Å². The van der Waals surface area contributed by atoms with Gasteiger partial charge in [-0.2, -0.15) is 0 Å². The van der Waals surface area contributed by atoms with Crippen LogP contribution in [0, 0.1) is 0 Å². The van der Waals surface area contributed by atoms with Crippen LogP contribution in [0.2, 0.25) is 0 Å². The molecule has 128 valence electrons. The molecule has 0 N–H and O–H groups in total. The van der Waals surface area contributed by atoms with Crippen LogP contribution in [-0.4, -0.2) is 54.0 Å². The van der Waals surface area contributed by atoms with Gasteiger partial charge in [-0.25, -0.2) is 0 Å². The third kappa shape index (κ3) is 4.21. The first kappa shape index (κ1) is 16.7. The molecule has 0 saturated carbocycles. The van der Waals surface area contributed by atoms with Gasteiger partial charge in [-0.1, -0.05) is 0 Å². The zero-order chi connectivity index (χ0) is 16.8. The number of hydrogen-bond donors (Lipinski definition) is 0. The molecule has 3 rings (SSSR count). The largest absolute Gasteiger partial charge is 0.453 e. The number of carbonyl (C=O) groups is 1. The first-order valence-electron chi connectivity index (χ1n) is 8.24. The summed E-state index contributed by atoms with van der Waals surface area (Å²) in [6.07, 6.45) is 4.59. The van der Waals surface area contributed by atoms with Crippen LogP contribution in [0.4, 0.5) is 0 Å². The number of aromatic nitrogens is 1.